The Labute approximate surface area is 159 Å². The molecule has 0 aliphatic carbocycles. The number of nitrogens with zero attached hydrogens (tertiary/aromatic N) is 2. The number of benzene rings is 2. The molecular formula is C17H14ClF3N2O3S. The Morgan fingerprint density at radius 3 is 2.07 bits per heavy atom. The second-order valence-electron chi connectivity index (χ2n) is 5.90. The molecule has 3 rings (SSSR count). The van der Waals surface area contributed by atoms with Crippen molar-refractivity contribution in [3.8, 4) is 0 Å². The molecule has 10 heteroatoms. The Morgan fingerprint density at radius 1 is 0.926 bits per heavy atom. The maximum absolute atomic E-state index is 13.4. The first-order chi connectivity index (χ1) is 12.7. The minimum atomic E-state index is -3.82. The highest BCUT2D eigenvalue weighted by Gasteiger charge is 2.31. The summed E-state index contributed by atoms with van der Waals surface area (Å²) < 4.78 is 65.9. The molecule has 1 saturated heterocycles. The minimum absolute atomic E-state index is 0.00669. The topological polar surface area (TPSA) is 57.7 Å². The zero-order valence-corrected chi connectivity index (χ0v) is 15.4. The molecule has 0 aromatic heterocycles. The molecule has 2 aromatic rings. The van der Waals surface area contributed by atoms with Crippen LogP contribution in [0.25, 0.3) is 0 Å². The second-order valence-corrected chi connectivity index (χ2v) is 8.24. The number of carbonyl (C=O) groups excluding carboxylic acids is 1. The van der Waals surface area contributed by atoms with Gasteiger partial charge in [-0.05, 0) is 36.4 Å². The predicted octanol–water partition coefficient (Wildman–Crippen LogP) is 2.90. The van der Waals surface area contributed by atoms with E-state index >= 15 is 0 Å². The van der Waals surface area contributed by atoms with Crippen LogP contribution >= 0.6 is 11.6 Å². The molecule has 1 heterocycles. The predicted molar refractivity (Wildman–Crippen MR) is 92.4 cm³/mol. The molecule has 1 fully saturated rings. The number of amides is 1. The van der Waals surface area contributed by atoms with Crippen molar-refractivity contribution in [2.24, 2.45) is 0 Å². The van der Waals surface area contributed by atoms with E-state index in [1.807, 2.05) is 0 Å². The van der Waals surface area contributed by atoms with E-state index in [-0.39, 0.29) is 41.7 Å². The van der Waals surface area contributed by atoms with Crippen LogP contribution in [0, 0.1) is 17.5 Å². The van der Waals surface area contributed by atoms with Crippen LogP contribution in [-0.4, -0.2) is 49.7 Å². The van der Waals surface area contributed by atoms with Crippen molar-refractivity contribution >= 4 is 27.5 Å². The van der Waals surface area contributed by atoms with Gasteiger partial charge in [0.1, 0.15) is 5.82 Å². The average Bonchev–Trinajstić information content (AvgIpc) is 2.64. The summed E-state index contributed by atoms with van der Waals surface area (Å²) in [7, 11) is -3.82. The van der Waals surface area contributed by atoms with Gasteiger partial charge in [-0.15, -0.1) is 0 Å². The van der Waals surface area contributed by atoms with Gasteiger partial charge in [0.15, 0.2) is 11.6 Å². The highest BCUT2D eigenvalue weighted by molar-refractivity contribution is 7.89. The zero-order chi connectivity index (χ0) is 19.8. The van der Waals surface area contributed by atoms with Crippen molar-refractivity contribution < 1.29 is 26.4 Å². The Balaban J connectivity index is 1.72. The van der Waals surface area contributed by atoms with Gasteiger partial charge in [-0.25, -0.2) is 21.6 Å². The Bertz CT molecular complexity index is 976. The van der Waals surface area contributed by atoms with Crippen LogP contribution in [0.2, 0.25) is 5.02 Å². The molecule has 1 aliphatic rings. The van der Waals surface area contributed by atoms with Crippen LogP contribution in [0.5, 0.6) is 0 Å². The summed E-state index contributed by atoms with van der Waals surface area (Å²) >= 11 is 5.82. The van der Waals surface area contributed by atoms with Gasteiger partial charge < -0.3 is 4.90 Å². The van der Waals surface area contributed by atoms with E-state index in [1.165, 1.54) is 21.3 Å². The van der Waals surface area contributed by atoms with Gasteiger partial charge in [0.2, 0.25) is 10.0 Å². The maximum atomic E-state index is 13.4. The highest BCUT2D eigenvalue weighted by Crippen LogP contribution is 2.23. The fraction of sp³-hybridized carbons (Fsp3) is 0.235. The van der Waals surface area contributed by atoms with Crippen LogP contribution in [0.3, 0.4) is 0 Å². The molecule has 0 bridgehead atoms. The molecule has 0 saturated carbocycles. The summed E-state index contributed by atoms with van der Waals surface area (Å²) in [5.74, 6) is -3.52. The molecular weight excluding hydrogens is 405 g/mol. The highest BCUT2D eigenvalue weighted by atomic mass is 35.5. The first kappa shape index (κ1) is 19.7. The normalized spacial score (nSPS) is 15.8. The number of rotatable bonds is 3. The SMILES string of the molecule is O=C(c1cc(F)c(F)cc1Cl)N1CCN(S(=O)(=O)c2ccc(F)cc2)CC1. The molecule has 144 valence electrons. The molecule has 0 spiro atoms. The summed E-state index contributed by atoms with van der Waals surface area (Å²) in [6.07, 6.45) is 0. The summed E-state index contributed by atoms with van der Waals surface area (Å²) in [4.78, 5) is 13.8. The molecule has 1 amide bonds. The number of hydrogen-bond acceptors (Lipinski definition) is 3. The van der Waals surface area contributed by atoms with Crippen LogP contribution in [-0.2, 0) is 10.0 Å². The van der Waals surface area contributed by atoms with Crippen LogP contribution < -0.4 is 0 Å². The van der Waals surface area contributed by atoms with Gasteiger partial charge in [0.05, 0.1) is 15.5 Å². The van der Waals surface area contributed by atoms with Crippen molar-refractivity contribution in [2.45, 2.75) is 4.90 Å². The minimum Gasteiger partial charge on any atom is -0.336 e. The van der Waals surface area contributed by atoms with Gasteiger partial charge in [-0.2, -0.15) is 4.31 Å². The Hall–Kier alpha value is -2.10. The second kappa shape index (κ2) is 7.49. The molecule has 0 radical (unpaired) electrons. The van der Waals surface area contributed by atoms with Crippen molar-refractivity contribution in [2.75, 3.05) is 26.2 Å². The van der Waals surface area contributed by atoms with E-state index in [0.717, 1.165) is 24.3 Å². The van der Waals surface area contributed by atoms with Crippen LogP contribution in [0.15, 0.2) is 41.3 Å². The third kappa shape index (κ3) is 3.95. The van der Waals surface area contributed by atoms with Crippen molar-refractivity contribution in [1.82, 2.24) is 9.21 Å². The van der Waals surface area contributed by atoms with Crippen LogP contribution in [0.1, 0.15) is 10.4 Å². The number of piperazine rings is 1. The molecule has 0 N–H and O–H groups in total. The van der Waals surface area contributed by atoms with Crippen molar-refractivity contribution in [1.29, 1.82) is 0 Å². The lowest BCUT2D eigenvalue weighted by atomic mass is 10.1. The average molecular weight is 419 g/mol. The molecule has 0 atom stereocenters. The number of halogens is 4. The Kier molecular flexibility index (Phi) is 5.45. The molecule has 5 nitrogen and oxygen atoms in total. The lowest BCUT2D eigenvalue weighted by Gasteiger charge is -2.34. The van der Waals surface area contributed by atoms with Crippen molar-refractivity contribution in [3.63, 3.8) is 0 Å². The summed E-state index contributed by atoms with van der Waals surface area (Å²) in [5.41, 5.74) is -0.189. The summed E-state index contributed by atoms with van der Waals surface area (Å²) in [6.45, 7) is 0.114. The largest absolute Gasteiger partial charge is 0.336 e. The lowest BCUT2D eigenvalue weighted by Crippen LogP contribution is -2.50. The van der Waals surface area contributed by atoms with E-state index in [2.05, 4.69) is 0 Å². The molecule has 1 aliphatic heterocycles. The molecule has 0 unspecified atom stereocenters. The Morgan fingerprint density at radius 2 is 1.48 bits per heavy atom. The van der Waals surface area contributed by atoms with Gasteiger partial charge >= 0.3 is 0 Å². The van der Waals surface area contributed by atoms with Crippen LogP contribution in [0.4, 0.5) is 13.2 Å². The van der Waals surface area contributed by atoms with Crippen molar-refractivity contribution in [3.05, 3.63) is 64.4 Å². The number of sulfonamides is 1. The lowest BCUT2D eigenvalue weighted by molar-refractivity contribution is 0.0697. The number of carbonyl (C=O) groups is 1. The monoisotopic (exact) mass is 418 g/mol. The zero-order valence-electron chi connectivity index (χ0n) is 13.8. The van der Waals surface area contributed by atoms with E-state index in [9.17, 15) is 26.4 Å². The molecule has 2 aromatic carbocycles. The third-order valence-electron chi connectivity index (χ3n) is 4.22. The van der Waals surface area contributed by atoms with Gasteiger partial charge in [-0.1, -0.05) is 11.6 Å². The number of hydrogen-bond donors (Lipinski definition) is 0. The van der Waals surface area contributed by atoms with E-state index < -0.39 is 33.4 Å². The summed E-state index contributed by atoms with van der Waals surface area (Å²) in [6, 6.07) is 5.89. The fourth-order valence-electron chi connectivity index (χ4n) is 2.74. The quantitative estimate of drug-likeness (QED) is 0.720. The maximum Gasteiger partial charge on any atom is 0.255 e. The van der Waals surface area contributed by atoms with E-state index in [1.54, 1.807) is 0 Å². The fourth-order valence-corrected chi connectivity index (χ4v) is 4.40. The molecule has 27 heavy (non-hydrogen) atoms. The first-order valence-corrected chi connectivity index (χ1v) is 9.71. The van der Waals surface area contributed by atoms with Gasteiger partial charge in [0, 0.05) is 26.2 Å². The van der Waals surface area contributed by atoms with Gasteiger partial charge in [-0.3, -0.25) is 4.79 Å². The summed E-state index contributed by atoms with van der Waals surface area (Å²) in [5, 5.41) is -0.222. The van der Waals surface area contributed by atoms with E-state index in [0.29, 0.717) is 0 Å². The van der Waals surface area contributed by atoms with Gasteiger partial charge in [0.25, 0.3) is 5.91 Å². The smallest absolute Gasteiger partial charge is 0.255 e. The van der Waals surface area contributed by atoms with E-state index in [4.69, 9.17) is 11.6 Å². The standard InChI is InChI=1S/C17H14ClF3N2O3S/c18-14-10-16(21)15(20)9-13(14)17(24)22-5-7-23(8-6-22)27(25,26)12-3-1-11(19)2-4-12/h1-4,9-10H,5-8H2. The first-order valence-electron chi connectivity index (χ1n) is 7.89. The third-order valence-corrected chi connectivity index (χ3v) is 6.44.